The van der Waals surface area contributed by atoms with Gasteiger partial charge >= 0.3 is 10.2 Å². The number of ether oxygens (including phenoxy) is 1. The lowest BCUT2D eigenvalue weighted by atomic mass is 10.7. The summed E-state index contributed by atoms with van der Waals surface area (Å²) in [5.41, 5.74) is 0. The first-order valence-electron chi connectivity index (χ1n) is 4.30. The van der Waals surface area contributed by atoms with E-state index >= 15 is 0 Å². The second-order valence-electron chi connectivity index (χ2n) is 2.91. The highest BCUT2D eigenvalue weighted by Crippen LogP contribution is 2.09. The number of rotatable bonds is 3. The monoisotopic (exact) mass is 230 g/mol. The molecule has 0 amide bonds. The van der Waals surface area contributed by atoms with Crippen LogP contribution >= 0.6 is 0 Å². The Morgan fingerprint density at radius 1 is 1.47 bits per heavy atom. The van der Waals surface area contributed by atoms with Crippen LogP contribution in [0.25, 0.3) is 0 Å². The fourth-order valence-electron chi connectivity index (χ4n) is 1.14. The van der Waals surface area contributed by atoms with Gasteiger partial charge in [-0.05, 0) is 0 Å². The molecule has 0 unspecified atom stereocenters. The minimum atomic E-state index is -3.56. The molecule has 0 spiro atoms. The average Bonchev–Trinajstić information content (AvgIpc) is 2.71. The Morgan fingerprint density at radius 2 is 2.33 bits per heavy atom. The summed E-state index contributed by atoms with van der Waals surface area (Å²) >= 11 is 0. The summed E-state index contributed by atoms with van der Waals surface area (Å²) in [7, 11) is -3.56. The molecule has 0 radical (unpaired) electrons. The van der Waals surface area contributed by atoms with Crippen molar-refractivity contribution in [1.29, 1.82) is 0 Å². The van der Waals surface area contributed by atoms with Crippen molar-refractivity contribution in [3.63, 3.8) is 0 Å². The minimum Gasteiger partial charge on any atom is -0.364 e. The highest BCUT2D eigenvalue weighted by Gasteiger charge is 2.26. The summed E-state index contributed by atoms with van der Waals surface area (Å²) < 4.78 is 31.8. The first-order chi connectivity index (χ1) is 7.18. The second-order valence-corrected chi connectivity index (χ2v) is 4.58. The van der Waals surface area contributed by atoms with Crippen LogP contribution in [0.1, 0.15) is 0 Å². The van der Waals surface area contributed by atoms with Crippen molar-refractivity contribution in [2.45, 2.75) is 0 Å². The molecule has 1 aromatic heterocycles. The molecule has 15 heavy (non-hydrogen) atoms. The summed E-state index contributed by atoms with van der Waals surface area (Å²) in [5, 5.41) is 0. The van der Waals surface area contributed by atoms with E-state index in [1.54, 1.807) is 0 Å². The van der Waals surface area contributed by atoms with Crippen molar-refractivity contribution in [1.82, 2.24) is 14.3 Å². The zero-order valence-corrected chi connectivity index (χ0v) is 8.64. The number of hydrogen-bond donors (Lipinski definition) is 1. The molecule has 2 heterocycles. The van der Waals surface area contributed by atoms with Gasteiger partial charge in [-0.25, -0.2) is 4.98 Å². The fraction of sp³-hybridized carbons (Fsp3) is 0.429. The predicted molar refractivity (Wildman–Crippen MR) is 52.1 cm³/mol. The van der Waals surface area contributed by atoms with Crippen LogP contribution in [0.3, 0.4) is 0 Å². The van der Waals surface area contributed by atoms with Crippen LogP contribution in [0.15, 0.2) is 18.6 Å². The number of hydrogen-bond acceptors (Lipinski definition) is 5. The van der Waals surface area contributed by atoms with Gasteiger partial charge in [0.05, 0.1) is 12.8 Å². The van der Waals surface area contributed by atoms with Crippen LogP contribution in [0.5, 0.6) is 0 Å². The van der Waals surface area contributed by atoms with Gasteiger partial charge in [-0.1, -0.05) is 0 Å². The predicted octanol–water partition coefficient (Wildman–Crippen LogP) is -0.577. The average molecular weight is 230 g/mol. The molecule has 1 N–H and O–H groups in total. The summed E-state index contributed by atoms with van der Waals surface area (Å²) in [6.07, 6.45) is 4.23. The lowest BCUT2D eigenvalue weighted by Gasteiger charge is -2.14. The van der Waals surface area contributed by atoms with Crippen LogP contribution in [0, 0.1) is 0 Å². The van der Waals surface area contributed by atoms with E-state index in [1.807, 2.05) is 0 Å². The van der Waals surface area contributed by atoms with Gasteiger partial charge in [0.1, 0.15) is 6.73 Å². The summed E-state index contributed by atoms with van der Waals surface area (Å²) in [4.78, 5) is 7.57. The molecular formula is C7H10N4O3S. The standard InChI is InChI=1S/C7H10N4O3S/c12-15(13,11-3-4-14-6-11)10-7-5-8-1-2-9-7/h1-2,5H,3-4,6H2,(H,9,10). The van der Waals surface area contributed by atoms with E-state index in [4.69, 9.17) is 4.74 Å². The Morgan fingerprint density at radius 3 is 2.93 bits per heavy atom. The Labute approximate surface area is 87.3 Å². The third-order valence-corrected chi connectivity index (χ3v) is 3.29. The molecule has 0 bridgehead atoms. The summed E-state index contributed by atoms with van der Waals surface area (Å²) in [5.74, 6) is 0.199. The largest absolute Gasteiger partial charge is 0.364 e. The maximum absolute atomic E-state index is 11.7. The Balaban J connectivity index is 2.11. The van der Waals surface area contributed by atoms with Crippen molar-refractivity contribution in [2.75, 3.05) is 24.6 Å². The SMILES string of the molecule is O=S(=O)(Nc1cnccn1)N1CCOC1. The van der Waals surface area contributed by atoms with E-state index in [0.29, 0.717) is 13.2 Å². The van der Waals surface area contributed by atoms with E-state index in [-0.39, 0.29) is 12.5 Å². The Bertz CT molecular complexity index is 415. The van der Waals surface area contributed by atoms with Gasteiger partial charge in [-0.2, -0.15) is 12.7 Å². The van der Waals surface area contributed by atoms with Crippen LogP contribution in [0.2, 0.25) is 0 Å². The molecule has 0 atom stereocenters. The fourth-order valence-corrected chi connectivity index (χ4v) is 2.16. The number of nitrogens with zero attached hydrogens (tertiary/aromatic N) is 3. The normalized spacial score (nSPS) is 17.9. The van der Waals surface area contributed by atoms with Gasteiger partial charge in [0.25, 0.3) is 0 Å². The summed E-state index contributed by atoms with van der Waals surface area (Å²) in [6, 6.07) is 0. The molecule has 1 aromatic rings. The number of aromatic nitrogens is 2. The van der Waals surface area contributed by atoms with Crippen molar-refractivity contribution in [2.24, 2.45) is 0 Å². The van der Waals surface area contributed by atoms with E-state index in [0.717, 1.165) is 0 Å². The third-order valence-electron chi connectivity index (χ3n) is 1.86. The van der Waals surface area contributed by atoms with Crippen molar-refractivity contribution in [3.05, 3.63) is 18.6 Å². The molecule has 1 saturated heterocycles. The van der Waals surface area contributed by atoms with E-state index in [1.165, 1.54) is 22.9 Å². The zero-order chi connectivity index (χ0) is 10.7. The van der Waals surface area contributed by atoms with Gasteiger partial charge in [-0.3, -0.25) is 9.71 Å². The molecule has 1 aliphatic rings. The first kappa shape index (κ1) is 10.3. The first-order valence-corrected chi connectivity index (χ1v) is 5.74. The Kier molecular flexibility index (Phi) is 2.80. The van der Waals surface area contributed by atoms with E-state index in [9.17, 15) is 8.42 Å². The van der Waals surface area contributed by atoms with Crippen LogP contribution in [0.4, 0.5) is 5.82 Å². The van der Waals surface area contributed by atoms with Gasteiger partial charge in [-0.15, -0.1) is 0 Å². The van der Waals surface area contributed by atoms with Gasteiger partial charge in [0, 0.05) is 18.9 Å². The van der Waals surface area contributed by atoms with Crippen molar-refractivity contribution in [3.8, 4) is 0 Å². The highest BCUT2D eigenvalue weighted by molar-refractivity contribution is 7.90. The van der Waals surface area contributed by atoms with E-state index < -0.39 is 10.2 Å². The molecule has 82 valence electrons. The molecule has 2 rings (SSSR count). The highest BCUT2D eigenvalue weighted by atomic mass is 32.2. The molecular weight excluding hydrogens is 220 g/mol. The molecule has 0 aromatic carbocycles. The van der Waals surface area contributed by atoms with Gasteiger partial charge < -0.3 is 4.74 Å². The molecule has 7 nitrogen and oxygen atoms in total. The lowest BCUT2D eigenvalue weighted by Crippen LogP contribution is -2.34. The van der Waals surface area contributed by atoms with E-state index in [2.05, 4.69) is 14.7 Å². The molecule has 0 saturated carbocycles. The van der Waals surface area contributed by atoms with Gasteiger partial charge in [0.15, 0.2) is 5.82 Å². The summed E-state index contributed by atoms with van der Waals surface area (Å²) in [6.45, 7) is 0.854. The number of anilines is 1. The Hall–Kier alpha value is -1.25. The maximum atomic E-state index is 11.7. The quantitative estimate of drug-likeness (QED) is 0.751. The van der Waals surface area contributed by atoms with Crippen molar-refractivity contribution >= 4 is 16.0 Å². The molecule has 0 aliphatic carbocycles. The molecule has 1 aliphatic heterocycles. The number of nitrogens with one attached hydrogen (secondary N) is 1. The van der Waals surface area contributed by atoms with Crippen LogP contribution in [-0.2, 0) is 14.9 Å². The van der Waals surface area contributed by atoms with Crippen molar-refractivity contribution < 1.29 is 13.2 Å². The third kappa shape index (κ3) is 2.41. The maximum Gasteiger partial charge on any atom is 0.304 e. The van der Waals surface area contributed by atoms with Gasteiger partial charge in [0.2, 0.25) is 0 Å². The minimum absolute atomic E-state index is 0.0790. The van der Waals surface area contributed by atoms with Crippen LogP contribution in [-0.4, -0.2) is 42.6 Å². The zero-order valence-electron chi connectivity index (χ0n) is 7.83. The topological polar surface area (TPSA) is 84.4 Å². The molecule has 1 fully saturated rings. The van der Waals surface area contributed by atoms with Crippen LogP contribution < -0.4 is 4.72 Å². The molecule has 8 heteroatoms. The second kappa shape index (κ2) is 4.09. The smallest absolute Gasteiger partial charge is 0.304 e. The lowest BCUT2D eigenvalue weighted by molar-refractivity contribution is 0.172.